The molecule has 0 bridgehead atoms. The number of carbonyl (C=O) groups excluding carboxylic acids is 1. The summed E-state index contributed by atoms with van der Waals surface area (Å²) in [5.41, 5.74) is 0. The van der Waals surface area contributed by atoms with Crippen molar-refractivity contribution < 1.29 is 14.3 Å². The Labute approximate surface area is 108 Å². The molecule has 1 aromatic heterocycles. The SMILES string of the molecule is COC(=O)C1CC(Oc2ccnc(Br)c2)CN1. The van der Waals surface area contributed by atoms with Crippen molar-refractivity contribution in [3.63, 3.8) is 0 Å². The maximum absolute atomic E-state index is 11.3. The molecule has 2 rings (SSSR count). The lowest BCUT2D eigenvalue weighted by Crippen LogP contribution is -2.31. The lowest BCUT2D eigenvalue weighted by Gasteiger charge is -2.12. The fourth-order valence-corrected chi connectivity index (χ4v) is 2.11. The van der Waals surface area contributed by atoms with Crippen LogP contribution in [0, 0.1) is 0 Å². The zero-order valence-electron chi connectivity index (χ0n) is 9.35. The lowest BCUT2D eigenvalue weighted by molar-refractivity contribution is -0.142. The number of hydrogen-bond donors (Lipinski definition) is 1. The van der Waals surface area contributed by atoms with Gasteiger partial charge in [-0.1, -0.05) is 0 Å². The molecule has 1 aliphatic heterocycles. The molecule has 1 aliphatic rings. The van der Waals surface area contributed by atoms with Crippen molar-refractivity contribution in [1.29, 1.82) is 0 Å². The van der Waals surface area contributed by atoms with Gasteiger partial charge in [0.25, 0.3) is 0 Å². The summed E-state index contributed by atoms with van der Waals surface area (Å²) in [7, 11) is 1.39. The Bertz CT molecular complexity index is 413. The van der Waals surface area contributed by atoms with Gasteiger partial charge in [0.2, 0.25) is 0 Å². The molecule has 0 saturated carbocycles. The van der Waals surface area contributed by atoms with Gasteiger partial charge in [-0.15, -0.1) is 0 Å². The average molecular weight is 301 g/mol. The number of esters is 1. The van der Waals surface area contributed by atoms with Crippen molar-refractivity contribution in [1.82, 2.24) is 10.3 Å². The summed E-state index contributed by atoms with van der Waals surface area (Å²) in [6.07, 6.45) is 2.26. The smallest absolute Gasteiger partial charge is 0.323 e. The van der Waals surface area contributed by atoms with Crippen LogP contribution in [0.25, 0.3) is 0 Å². The first kappa shape index (κ1) is 12.3. The van der Waals surface area contributed by atoms with Gasteiger partial charge in [0.15, 0.2) is 0 Å². The molecule has 92 valence electrons. The third-order valence-electron chi connectivity index (χ3n) is 2.58. The third kappa shape index (κ3) is 3.17. The first-order valence-electron chi connectivity index (χ1n) is 5.28. The van der Waals surface area contributed by atoms with E-state index in [9.17, 15) is 4.79 Å². The number of aromatic nitrogens is 1. The van der Waals surface area contributed by atoms with Crippen LogP contribution in [0.1, 0.15) is 6.42 Å². The predicted octanol–water partition coefficient (Wildman–Crippen LogP) is 1.13. The first-order valence-corrected chi connectivity index (χ1v) is 6.08. The van der Waals surface area contributed by atoms with Crippen LogP contribution in [-0.4, -0.2) is 36.8 Å². The number of methoxy groups -OCH3 is 1. The van der Waals surface area contributed by atoms with Crippen LogP contribution in [0.5, 0.6) is 5.75 Å². The second-order valence-electron chi connectivity index (χ2n) is 3.77. The van der Waals surface area contributed by atoms with E-state index < -0.39 is 0 Å². The molecule has 1 fully saturated rings. The summed E-state index contributed by atoms with van der Waals surface area (Å²) in [5, 5.41) is 3.07. The Morgan fingerprint density at radius 3 is 3.18 bits per heavy atom. The molecule has 2 atom stereocenters. The fraction of sp³-hybridized carbons (Fsp3) is 0.455. The largest absolute Gasteiger partial charge is 0.489 e. The van der Waals surface area contributed by atoms with Gasteiger partial charge in [-0.3, -0.25) is 4.79 Å². The standard InChI is InChI=1S/C11H13BrN2O3/c1-16-11(15)9-4-8(6-14-9)17-7-2-3-13-10(12)5-7/h2-3,5,8-9,14H,4,6H2,1H3. The van der Waals surface area contributed by atoms with E-state index in [1.165, 1.54) is 7.11 Å². The van der Waals surface area contributed by atoms with E-state index in [4.69, 9.17) is 4.74 Å². The molecule has 1 N–H and O–H groups in total. The van der Waals surface area contributed by atoms with Crippen molar-refractivity contribution in [3.05, 3.63) is 22.9 Å². The Kier molecular flexibility index (Phi) is 3.96. The summed E-state index contributed by atoms with van der Waals surface area (Å²) in [6, 6.07) is 3.32. The van der Waals surface area contributed by atoms with Crippen LogP contribution < -0.4 is 10.1 Å². The average Bonchev–Trinajstić information content (AvgIpc) is 2.76. The molecule has 0 radical (unpaired) electrons. The van der Waals surface area contributed by atoms with E-state index >= 15 is 0 Å². The summed E-state index contributed by atoms with van der Waals surface area (Å²) in [5.74, 6) is 0.496. The van der Waals surface area contributed by atoms with E-state index in [1.807, 2.05) is 0 Å². The van der Waals surface area contributed by atoms with Gasteiger partial charge in [-0.05, 0) is 22.0 Å². The molecule has 6 heteroatoms. The molecule has 0 aromatic carbocycles. The van der Waals surface area contributed by atoms with Crippen molar-refractivity contribution >= 4 is 21.9 Å². The molecule has 2 unspecified atom stereocenters. The molecule has 5 nitrogen and oxygen atoms in total. The summed E-state index contributed by atoms with van der Waals surface area (Å²) in [6.45, 7) is 0.639. The summed E-state index contributed by atoms with van der Waals surface area (Å²) in [4.78, 5) is 15.3. The van der Waals surface area contributed by atoms with Crippen LogP contribution in [0.3, 0.4) is 0 Å². The number of hydrogen-bond acceptors (Lipinski definition) is 5. The van der Waals surface area contributed by atoms with Gasteiger partial charge in [-0.25, -0.2) is 4.98 Å². The number of pyridine rings is 1. The molecule has 0 amide bonds. The third-order valence-corrected chi connectivity index (χ3v) is 3.01. The summed E-state index contributed by atoms with van der Waals surface area (Å²) >= 11 is 3.28. The number of carbonyl (C=O) groups is 1. The first-order chi connectivity index (χ1) is 8.19. The van der Waals surface area contributed by atoms with Crippen LogP contribution in [0.4, 0.5) is 0 Å². The predicted molar refractivity (Wildman–Crippen MR) is 64.8 cm³/mol. The highest BCUT2D eigenvalue weighted by molar-refractivity contribution is 9.10. The van der Waals surface area contributed by atoms with Crippen LogP contribution in [0.2, 0.25) is 0 Å². The van der Waals surface area contributed by atoms with E-state index in [0.29, 0.717) is 13.0 Å². The molecule has 2 heterocycles. The van der Waals surface area contributed by atoms with Crippen molar-refractivity contribution in [2.45, 2.75) is 18.6 Å². The summed E-state index contributed by atoms with van der Waals surface area (Å²) < 4.78 is 11.1. The second kappa shape index (κ2) is 5.46. The zero-order chi connectivity index (χ0) is 12.3. The number of nitrogens with zero attached hydrogens (tertiary/aromatic N) is 1. The minimum atomic E-state index is -0.268. The van der Waals surface area contributed by atoms with Gasteiger partial charge in [0.05, 0.1) is 7.11 Å². The number of halogens is 1. The van der Waals surface area contributed by atoms with Gasteiger partial charge in [0, 0.05) is 25.2 Å². The van der Waals surface area contributed by atoms with E-state index in [2.05, 4.69) is 31.0 Å². The Hall–Kier alpha value is -1.14. The maximum atomic E-state index is 11.3. The highest BCUT2D eigenvalue weighted by Crippen LogP contribution is 2.20. The van der Waals surface area contributed by atoms with Gasteiger partial charge >= 0.3 is 5.97 Å². The van der Waals surface area contributed by atoms with E-state index in [0.717, 1.165) is 10.4 Å². The highest BCUT2D eigenvalue weighted by Gasteiger charge is 2.31. The van der Waals surface area contributed by atoms with Crippen molar-refractivity contribution in [2.75, 3.05) is 13.7 Å². The van der Waals surface area contributed by atoms with Gasteiger partial charge < -0.3 is 14.8 Å². The Morgan fingerprint density at radius 1 is 1.65 bits per heavy atom. The van der Waals surface area contributed by atoms with E-state index in [-0.39, 0.29) is 18.1 Å². The molecule has 17 heavy (non-hydrogen) atoms. The Balaban J connectivity index is 1.92. The van der Waals surface area contributed by atoms with Crippen LogP contribution in [-0.2, 0) is 9.53 Å². The quantitative estimate of drug-likeness (QED) is 0.670. The van der Waals surface area contributed by atoms with Gasteiger partial charge in [0.1, 0.15) is 22.5 Å². The molecule has 0 spiro atoms. The number of nitrogens with one attached hydrogen (secondary N) is 1. The molecule has 1 aromatic rings. The second-order valence-corrected chi connectivity index (χ2v) is 4.59. The molecule has 0 aliphatic carbocycles. The van der Waals surface area contributed by atoms with Crippen molar-refractivity contribution in [2.24, 2.45) is 0 Å². The minimum absolute atomic E-state index is 0.0200. The maximum Gasteiger partial charge on any atom is 0.323 e. The molecule has 1 saturated heterocycles. The molecular formula is C11H13BrN2O3. The topological polar surface area (TPSA) is 60.5 Å². The fourth-order valence-electron chi connectivity index (χ4n) is 1.77. The highest BCUT2D eigenvalue weighted by atomic mass is 79.9. The monoisotopic (exact) mass is 300 g/mol. The molecular weight excluding hydrogens is 288 g/mol. The number of rotatable bonds is 3. The lowest BCUT2D eigenvalue weighted by atomic mass is 10.2. The Morgan fingerprint density at radius 2 is 2.47 bits per heavy atom. The number of ether oxygens (including phenoxy) is 2. The van der Waals surface area contributed by atoms with Crippen LogP contribution in [0.15, 0.2) is 22.9 Å². The zero-order valence-corrected chi connectivity index (χ0v) is 10.9. The van der Waals surface area contributed by atoms with E-state index in [1.54, 1.807) is 18.3 Å². The van der Waals surface area contributed by atoms with Crippen LogP contribution >= 0.6 is 15.9 Å². The minimum Gasteiger partial charge on any atom is -0.489 e. The van der Waals surface area contributed by atoms with Crippen molar-refractivity contribution in [3.8, 4) is 5.75 Å². The normalized spacial score (nSPS) is 23.4. The van der Waals surface area contributed by atoms with Gasteiger partial charge in [-0.2, -0.15) is 0 Å².